The first-order valence-corrected chi connectivity index (χ1v) is 9.73. The van der Waals surface area contributed by atoms with Crippen LogP contribution in [0.5, 0.6) is 0 Å². The van der Waals surface area contributed by atoms with Crippen LogP contribution in [-0.2, 0) is 14.4 Å². The predicted molar refractivity (Wildman–Crippen MR) is 110 cm³/mol. The highest BCUT2D eigenvalue weighted by Crippen LogP contribution is 2.48. The Morgan fingerprint density at radius 1 is 0.724 bits per heavy atom. The molecule has 144 valence electrons. The van der Waals surface area contributed by atoms with Crippen LogP contribution in [0.4, 0.5) is 11.4 Å². The van der Waals surface area contributed by atoms with Crippen molar-refractivity contribution < 1.29 is 14.4 Å². The summed E-state index contributed by atoms with van der Waals surface area (Å²) in [6.45, 7) is 0. The molecule has 2 heterocycles. The number of carbonyl (C=O) groups excluding carboxylic acids is 2. The minimum Gasteiger partial charge on any atom is -0.273 e. The lowest BCUT2D eigenvalue weighted by atomic mass is 9.90. The van der Waals surface area contributed by atoms with Crippen molar-refractivity contribution in [1.82, 2.24) is 0 Å². The summed E-state index contributed by atoms with van der Waals surface area (Å²) in [5.74, 6) is -1.33. The SMILES string of the molecule is O=C1[C@@H]2[C@@H](c3ccccc3Cl)N(c3ccccc3)O[C@H]2C(=O)N1c1ccccc1. The van der Waals surface area contributed by atoms with Gasteiger partial charge in [-0.25, -0.2) is 9.96 Å². The molecule has 0 saturated carbocycles. The van der Waals surface area contributed by atoms with E-state index < -0.39 is 18.1 Å². The highest BCUT2D eigenvalue weighted by molar-refractivity contribution is 6.31. The maximum absolute atomic E-state index is 13.4. The van der Waals surface area contributed by atoms with Crippen molar-refractivity contribution in [2.45, 2.75) is 12.1 Å². The molecule has 29 heavy (non-hydrogen) atoms. The summed E-state index contributed by atoms with van der Waals surface area (Å²) in [7, 11) is 0. The van der Waals surface area contributed by atoms with Crippen LogP contribution in [0.3, 0.4) is 0 Å². The zero-order valence-electron chi connectivity index (χ0n) is 15.3. The zero-order valence-corrected chi connectivity index (χ0v) is 16.1. The van der Waals surface area contributed by atoms with Crippen LogP contribution in [0, 0.1) is 5.92 Å². The Morgan fingerprint density at radius 2 is 1.31 bits per heavy atom. The van der Waals surface area contributed by atoms with Crippen LogP contribution in [0.1, 0.15) is 11.6 Å². The molecule has 0 unspecified atom stereocenters. The Morgan fingerprint density at radius 3 is 1.97 bits per heavy atom. The van der Waals surface area contributed by atoms with Crippen molar-refractivity contribution in [3.63, 3.8) is 0 Å². The molecule has 0 radical (unpaired) electrons. The van der Waals surface area contributed by atoms with Crippen LogP contribution in [0.25, 0.3) is 0 Å². The summed E-state index contributed by atoms with van der Waals surface area (Å²) in [5.41, 5.74) is 2.06. The molecule has 0 N–H and O–H groups in total. The van der Waals surface area contributed by atoms with E-state index in [1.807, 2.05) is 54.6 Å². The molecule has 2 aliphatic heterocycles. The molecule has 2 amide bonds. The van der Waals surface area contributed by atoms with Crippen LogP contribution in [0.15, 0.2) is 84.9 Å². The number of rotatable bonds is 3. The minimum absolute atomic E-state index is 0.283. The van der Waals surface area contributed by atoms with Crippen molar-refractivity contribution in [3.8, 4) is 0 Å². The van der Waals surface area contributed by atoms with Gasteiger partial charge in [0, 0.05) is 5.02 Å². The first kappa shape index (κ1) is 17.9. The highest BCUT2D eigenvalue weighted by atomic mass is 35.5. The second kappa shape index (κ2) is 7.03. The van der Waals surface area contributed by atoms with Gasteiger partial charge in [0.05, 0.1) is 17.4 Å². The number of anilines is 2. The fourth-order valence-electron chi connectivity index (χ4n) is 4.08. The van der Waals surface area contributed by atoms with E-state index in [0.717, 1.165) is 11.3 Å². The molecular formula is C23H17ClN2O3. The number of imide groups is 1. The summed E-state index contributed by atoms with van der Waals surface area (Å²) in [5, 5.41) is 2.18. The third-order valence-corrected chi connectivity index (χ3v) is 5.71. The number of halogens is 1. The Balaban J connectivity index is 1.62. The number of fused-ring (bicyclic) bond motifs is 1. The van der Waals surface area contributed by atoms with E-state index in [-0.39, 0.29) is 11.8 Å². The molecule has 2 aliphatic rings. The monoisotopic (exact) mass is 404 g/mol. The fourth-order valence-corrected chi connectivity index (χ4v) is 4.32. The molecule has 6 heteroatoms. The Bertz CT molecular complexity index is 1070. The topological polar surface area (TPSA) is 49.9 Å². The second-order valence-electron chi connectivity index (χ2n) is 7.03. The smallest absolute Gasteiger partial charge is 0.266 e. The van der Waals surface area contributed by atoms with Crippen LogP contribution in [0.2, 0.25) is 5.02 Å². The minimum atomic E-state index is -0.899. The standard InChI is InChI=1S/C23H17ClN2O3/c24-18-14-8-7-13-17(18)20-19-21(29-26(20)16-11-5-2-6-12-16)23(28)25(22(19)27)15-9-3-1-4-10-15/h1-14,19-21H/t19-,20-,21-/m1/s1. The van der Waals surface area contributed by atoms with Gasteiger partial charge in [-0.1, -0.05) is 66.2 Å². The highest BCUT2D eigenvalue weighted by Gasteiger charge is 2.60. The molecule has 3 aromatic rings. The number of para-hydroxylation sites is 2. The summed E-state index contributed by atoms with van der Waals surface area (Å²) < 4.78 is 0. The van der Waals surface area contributed by atoms with Gasteiger partial charge in [0.25, 0.3) is 5.91 Å². The third-order valence-electron chi connectivity index (χ3n) is 5.36. The molecule has 2 fully saturated rings. The van der Waals surface area contributed by atoms with Crippen molar-refractivity contribution >= 4 is 34.8 Å². The van der Waals surface area contributed by atoms with Gasteiger partial charge in [0.1, 0.15) is 5.92 Å². The maximum Gasteiger partial charge on any atom is 0.266 e. The Hall–Kier alpha value is -3.15. The maximum atomic E-state index is 13.4. The lowest BCUT2D eigenvalue weighted by Gasteiger charge is -2.29. The van der Waals surface area contributed by atoms with E-state index in [2.05, 4.69) is 0 Å². The molecule has 5 nitrogen and oxygen atoms in total. The quantitative estimate of drug-likeness (QED) is 0.607. The predicted octanol–water partition coefficient (Wildman–Crippen LogP) is 4.39. The van der Waals surface area contributed by atoms with Crippen LogP contribution < -0.4 is 9.96 Å². The molecule has 0 aromatic heterocycles. The van der Waals surface area contributed by atoms with Crippen molar-refractivity contribution in [2.24, 2.45) is 5.92 Å². The van der Waals surface area contributed by atoms with E-state index in [1.165, 1.54) is 4.90 Å². The largest absolute Gasteiger partial charge is 0.273 e. The van der Waals surface area contributed by atoms with Crippen LogP contribution >= 0.6 is 11.6 Å². The molecule has 0 bridgehead atoms. The van der Waals surface area contributed by atoms with Crippen molar-refractivity contribution in [2.75, 3.05) is 9.96 Å². The molecule has 3 atom stereocenters. The summed E-state index contributed by atoms with van der Waals surface area (Å²) >= 11 is 6.49. The average molecular weight is 405 g/mol. The molecule has 2 saturated heterocycles. The van der Waals surface area contributed by atoms with Gasteiger partial charge in [0.2, 0.25) is 5.91 Å². The van der Waals surface area contributed by atoms with Crippen molar-refractivity contribution in [3.05, 3.63) is 95.5 Å². The first-order valence-electron chi connectivity index (χ1n) is 9.35. The van der Waals surface area contributed by atoms with Gasteiger partial charge in [-0.2, -0.15) is 0 Å². The number of benzene rings is 3. The third kappa shape index (κ3) is 2.82. The second-order valence-corrected chi connectivity index (χ2v) is 7.43. The van der Waals surface area contributed by atoms with E-state index in [1.54, 1.807) is 35.4 Å². The number of carbonyl (C=O) groups is 2. The Kier molecular flexibility index (Phi) is 4.34. The zero-order chi connectivity index (χ0) is 20.0. The molecule has 3 aromatic carbocycles. The number of hydrogen-bond donors (Lipinski definition) is 0. The van der Waals surface area contributed by atoms with E-state index >= 15 is 0 Å². The lowest BCUT2D eigenvalue weighted by Crippen LogP contribution is -2.37. The van der Waals surface area contributed by atoms with E-state index in [9.17, 15) is 9.59 Å². The van der Waals surface area contributed by atoms with Gasteiger partial charge in [-0.3, -0.25) is 14.4 Å². The number of amides is 2. The van der Waals surface area contributed by atoms with E-state index in [4.69, 9.17) is 16.4 Å². The molecule has 5 rings (SSSR count). The van der Waals surface area contributed by atoms with Crippen LogP contribution in [-0.4, -0.2) is 17.9 Å². The van der Waals surface area contributed by atoms with Crippen molar-refractivity contribution in [1.29, 1.82) is 0 Å². The number of hydroxylamine groups is 1. The normalized spacial score (nSPS) is 23.6. The average Bonchev–Trinajstić information content (AvgIpc) is 3.26. The molecule has 0 spiro atoms. The van der Waals surface area contributed by atoms with Gasteiger partial charge in [-0.05, 0) is 35.9 Å². The molecule has 0 aliphatic carbocycles. The van der Waals surface area contributed by atoms with Gasteiger partial charge in [-0.15, -0.1) is 0 Å². The van der Waals surface area contributed by atoms with Gasteiger partial charge >= 0.3 is 0 Å². The van der Waals surface area contributed by atoms with E-state index in [0.29, 0.717) is 10.7 Å². The lowest BCUT2D eigenvalue weighted by molar-refractivity contribution is -0.126. The number of hydrogen-bond acceptors (Lipinski definition) is 4. The summed E-state index contributed by atoms with van der Waals surface area (Å²) in [6, 6.07) is 25.2. The fraction of sp³-hybridized carbons (Fsp3) is 0.130. The summed E-state index contributed by atoms with van der Waals surface area (Å²) in [6.07, 6.45) is -0.899. The van der Waals surface area contributed by atoms with Gasteiger partial charge < -0.3 is 0 Å². The Labute approximate surface area is 173 Å². The number of nitrogens with zero attached hydrogens (tertiary/aromatic N) is 2. The first-order chi connectivity index (χ1) is 14.2. The van der Waals surface area contributed by atoms with Gasteiger partial charge in [0.15, 0.2) is 6.10 Å². The molecular weight excluding hydrogens is 388 g/mol. The summed E-state index contributed by atoms with van der Waals surface area (Å²) in [4.78, 5) is 33.9.